The van der Waals surface area contributed by atoms with Crippen molar-refractivity contribution in [2.45, 2.75) is 72.0 Å². The highest BCUT2D eigenvalue weighted by molar-refractivity contribution is 5.94. The van der Waals surface area contributed by atoms with Gasteiger partial charge in [-0.3, -0.25) is 4.79 Å². The number of carboxylic acids is 1. The minimum Gasteiger partial charge on any atom is -0.481 e. The molecule has 0 saturated heterocycles. The van der Waals surface area contributed by atoms with Gasteiger partial charge in [0.05, 0.1) is 5.41 Å². The fourth-order valence-corrected chi connectivity index (χ4v) is 7.34. The number of fused-ring (bicyclic) bond motifs is 4. The van der Waals surface area contributed by atoms with Crippen molar-refractivity contribution < 1.29 is 24.2 Å². The van der Waals surface area contributed by atoms with Crippen LogP contribution in [0.2, 0.25) is 0 Å². The summed E-state index contributed by atoms with van der Waals surface area (Å²) < 4.78 is 10.9. The SMILES string of the molecule is CO[C@H]1OC(=O)C2=C1CC[C@@H]1[C@@]3(C)CCC[C@](C)(C(=O)O)[C@@H]3CC[C@@]21C. The molecule has 0 bridgehead atoms. The number of cyclic esters (lactones) is 1. The molecule has 5 nitrogen and oxygen atoms in total. The van der Waals surface area contributed by atoms with E-state index in [4.69, 9.17) is 9.47 Å². The van der Waals surface area contributed by atoms with Gasteiger partial charge in [-0.25, -0.2) is 4.79 Å². The fraction of sp³-hybridized carbons (Fsp3) is 0.810. The van der Waals surface area contributed by atoms with Crippen molar-refractivity contribution >= 4 is 11.9 Å². The van der Waals surface area contributed by atoms with Crippen LogP contribution in [0.1, 0.15) is 65.7 Å². The summed E-state index contributed by atoms with van der Waals surface area (Å²) in [6.45, 7) is 6.44. The van der Waals surface area contributed by atoms with Crippen LogP contribution in [0.4, 0.5) is 0 Å². The van der Waals surface area contributed by atoms with Crippen LogP contribution < -0.4 is 0 Å². The van der Waals surface area contributed by atoms with Crippen LogP contribution in [-0.4, -0.2) is 30.4 Å². The standard InChI is InChI=1S/C21H30O5/c1-19-9-5-10-21(3,18(23)24)14(19)8-11-20(2)13(19)7-6-12-15(20)16(22)26-17(12)25-4/h13-14,17H,5-11H2,1-4H3,(H,23,24)/t13-,14-,17+,19-,20-,21+/m1/s1. The Balaban J connectivity index is 1.78. The first-order valence-corrected chi connectivity index (χ1v) is 9.89. The van der Waals surface area contributed by atoms with E-state index in [2.05, 4.69) is 13.8 Å². The molecule has 0 spiro atoms. The van der Waals surface area contributed by atoms with Gasteiger partial charge in [-0.2, -0.15) is 0 Å². The van der Waals surface area contributed by atoms with E-state index in [-0.39, 0.29) is 22.7 Å². The first kappa shape index (κ1) is 18.0. The van der Waals surface area contributed by atoms with Gasteiger partial charge in [0.1, 0.15) is 0 Å². The summed E-state index contributed by atoms with van der Waals surface area (Å²) in [5, 5.41) is 9.97. The number of carbonyl (C=O) groups excluding carboxylic acids is 1. The third kappa shape index (κ3) is 2.07. The molecule has 3 aliphatic carbocycles. The Kier molecular flexibility index (Phi) is 3.86. The molecular weight excluding hydrogens is 332 g/mol. The number of carbonyl (C=O) groups is 2. The second-order valence-electron chi connectivity index (χ2n) is 9.56. The second-order valence-corrected chi connectivity index (χ2v) is 9.56. The minimum absolute atomic E-state index is 0.0532. The lowest BCUT2D eigenvalue weighted by molar-refractivity contribution is -0.176. The number of esters is 1. The van der Waals surface area contributed by atoms with E-state index in [1.54, 1.807) is 7.11 Å². The molecule has 144 valence electrons. The van der Waals surface area contributed by atoms with Crippen LogP contribution in [0.25, 0.3) is 0 Å². The van der Waals surface area contributed by atoms with Gasteiger partial charge in [-0.05, 0) is 62.7 Å². The summed E-state index contributed by atoms with van der Waals surface area (Å²) in [6.07, 6.45) is 5.72. The van der Waals surface area contributed by atoms with Crippen LogP contribution in [-0.2, 0) is 19.1 Å². The monoisotopic (exact) mass is 362 g/mol. The van der Waals surface area contributed by atoms with E-state index < -0.39 is 17.7 Å². The van der Waals surface area contributed by atoms with Crippen molar-refractivity contribution in [2.75, 3.05) is 7.11 Å². The summed E-state index contributed by atoms with van der Waals surface area (Å²) in [5.41, 5.74) is 0.911. The predicted molar refractivity (Wildman–Crippen MR) is 95.2 cm³/mol. The number of aliphatic carboxylic acids is 1. The van der Waals surface area contributed by atoms with E-state index >= 15 is 0 Å². The summed E-state index contributed by atoms with van der Waals surface area (Å²) in [7, 11) is 1.58. The van der Waals surface area contributed by atoms with E-state index in [1.165, 1.54) is 0 Å². The Morgan fingerprint density at radius 2 is 1.88 bits per heavy atom. The quantitative estimate of drug-likeness (QED) is 0.754. The molecule has 0 amide bonds. The average Bonchev–Trinajstić information content (AvgIpc) is 2.91. The van der Waals surface area contributed by atoms with E-state index in [9.17, 15) is 14.7 Å². The lowest BCUT2D eigenvalue weighted by atomic mass is 9.40. The van der Waals surface area contributed by atoms with Crippen molar-refractivity contribution in [3.63, 3.8) is 0 Å². The number of rotatable bonds is 2. The van der Waals surface area contributed by atoms with Crippen molar-refractivity contribution in [2.24, 2.45) is 28.1 Å². The Bertz CT molecular complexity index is 697. The molecule has 6 atom stereocenters. The third-order valence-corrected chi connectivity index (χ3v) is 8.49. The Hall–Kier alpha value is -1.36. The molecule has 4 rings (SSSR count). The van der Waals surface area contributed by atoms with Crippen molar-refractivity contribution in [1.82, 2.24) is 0 Å². The largest absolute Gasteiger partial charge is 0.481 e. The van der Waals surface area contributed by atoms with E-state index in [0.717, 1.165) is 56.1 Å². The van der Waals surface area contributed by atoms with Crippen LogP contribution in [0.3, 0.4) is 0 Å². The van der Waals surface area contributed by atoms with Crippen LogP contribution >= 0.6 is 0 Å². The van der Waals surface area contributed by atoms with Gasteiger partial charge in [-0.1, -0.05) is 20.3 Å². The Morgan fingerprint density at radius 3 is 2.54 bits per heavy atom. The number of carboxylic acid groups (broad SMARTS) is 1. The summed E-state index contributed by atoms with van der Waals surface area (Å²) >= 11 is 0. The first-order valence-electron chi connectivity index (χ1n) is 9.89. The summed E-state index contributed by atoms with van der Waals surface area (Å²) in [5.74, 6) is -0.405. The molecule has 0 radical (unpaired) electrons. The molecule has 26 heavy (non-hydrogen) atoms. The topological polar surface area (TPSA) is 72.8 Å². The van der Waals surface area contributed by atoms with Gasteiger partial charge >= 0.3 is 11.9 Å². The Morgan fingerprint density at radius 1 is 1.15 bits per heavy atom. The lowest BCUT2D eigenvalue weighted by Crippen LogP contribution is -2.58. The lowest BCUT2D eigenvalue weighted by Gasteiger charge is -2.63. The molecule has 0 aromatic carbocycles. The highest BCUT2D eigenvalue weighted by Gasteiger charge is 2.64. The summed E-state index contributed by atoms with van der Waals surface area (Å²) in [6, 6.07) is 0. The summed E-state index contributed by atoms with van der Waals surface area (Å²) in [4.78, 5) is 24.8. The van der Waals surface area contributed by atoms with E-state index in [1.807, 2.05) is 6.92 Å². The molecule has 5 heteroatoms. The Labute approximate surface area is 155 Å². The number of ether oxygens (including phenoxy) is 2. The molecular formula is C21H30O5. The minimum atomic E-state index is -0.660. The molecule has 0 unspecified atom stereocenters. The molecule has 0 aromatic rings. The number of methoxy groups -OCH3 is 1. The van der Waals surface area contributed by atoms with Crippen molar-refractivity contribution in [3.8, 4) is 0 Å². The van der Waals surface area contributed by atoms with E-state index in [0.29, 0.717) is 5.92 Å². The van der Waals surface area contributed by atoms with Crippen molar-refractivity contribution in [3.05, 3.63) is 11.1 Å². The van der Waals surface area contributed by atoms with Gasteiger partial charge in [-0.15, -0.1) is 0 Å². The molecule has 1 N–H and O–H groups in total. The zero-order valence-electron chi connectivity index (χ0n) is 16.3. The fourth-order valence-electron chi connectivity index (χ4n) is 7.34. The smallest absolute Gasteiger partial charge is 0.337 e. The highest BCUT2D eigenvalue weighted by atomic mass is 16.7. The zero-order valence-corrected chi connectivity index (χ0v) is 16.3. The van der Waals surface area contributed by atoms with Gasteiger partial charge < -0.3 is 14.6 Å². The maximum Gasteiger partial charge on any atom is 0.337 e. The molecule has 2 fully saturated rings. The highest BCUT2D eigenvalue weighted by Crippen LogP contribution is 2.69. The molecule has 1 aliphatic heterocycles. The van der Waals surface area contributed by atoms with Gasteiger partial charge in [0.25, 0.3) is 0 Å². The number of hydrogen-bond acceptors (Lipinski definition) is 4. The van der Waals surface area contributed by atoms with Crippen LogP contribution in [0.5, 0.6) is 0 Å². The van der Waals surface area contributed by atoms with Crippen LogP contribution in [0.15, 0.2) is 11.1 Å². The molecule has 0 aromatic heterocycles. The maximum atomic E-state index is 12.7. The molecule has 2 saturated carbocycles. The maximum absolute atomic E-state index is 12.7. The van der Waals surface area contributed by atoms with Crippen LogP contribution in [0, 0.1) is 28.1 Å². The number of hydrogen-bond donors (Lipinski definition) is 1. The average molecular weight is 362 g/mol. The van der Waals surface area contributed by atoms with Gasteiger partial charge in [0.15, 0.2) is 0 Å². The second kappa shape index (κ2) is 5.57. The first-order chi connectivity index (χ1) is 12.2. The molecule has 1 heterocycles. The molecule has 4 aliphatic rings. The normalized spacial score (nSPS) is 47.7. The third-order valence-electron chi connectivity index (χ3n) is 8.49. The van der Waals surface area contributed by atoms with Gasteiger partial charge in [0.2, 0.25) is 6.29 Å². The predicted octanol–water partition coefficient (Wildman–Crippen LogP) is 3.92. The van der Waals surface area contributed by atoms with Crippen molar-refractivity contribution in [1.29, 1.82) is 0 Å². The van der Waals surface area contributed by atoms with Gasteiger partial charge in [0, 0.05) is 23.7 Å². The zero-order chi connectivity index (χ0) is 18.9.